The highest BCUT2D eigenvalue weighted by molar-refractivity contribution is 7.22. The molecule has 6 nitrogen and oxygen atoms in total. The van der Waals surface area contributed by atoms with E-state index in [-0.39, 0.29) is 30.0 Å². The molecular weight excluding hydrogens is 384 g/mol. The lowest BCUT2D eigenvalue weighted by atomic mass is 10.1. The molecule has 1 aliphatic carbocycles. The maximum Gasteiger partial charge on any atom is 0.276 e. The smallest absolute Gasteiger partial charge is 0.276 e. The molecule has 1 saturated carbocycles. The van der Waals surface area contributed by atoms with Crippen LogP contribution in [0.3, 0.4) is 0 Å². The summed E-state index contributed by atoms with van der Waals surface area (Å²) in [5.74, 6) is -0.00907. The van der Waals surface area contributed by atoms with E-state index in [9.17, 15) is 9.59 Å². The standard InChI is InChI=1S/C19H25ClN4O2S/c1-11(2)17-18-14(8-15(20)27-18)19(26)24(22-17)10-16(25)21-12-4-3-7-23(9-12)13-5-6-13/h8,11-13H,3-7,9-10H2,1-2H3,(H,21,25)/t12-/m1/s1. The van der Waals surface area contributed by atoms with E-state index in [1.165, 1.54) is 28.9 Å². The number of aromatic nitrogens is 2. The molecule has 0 spiro atoms. The highest BCUT2D eigenvalue weighted by Crippen LogP contribution is 2.32. The van der Waals surface area contributed by atoms with E-state index in [2.05, 4.69) is 15.3 Å². The number of fused-ring (bicyclic) bond motifs is 1. The average molecular weight is 409 g/mol. The molecule has 1 N–H and O–H groups in total. The molecule has 1 saturated heterocycles. The van der Waals surface area contributed by atoms with Gasteiger partial charge in [0.1, 0.15) is 6.54 Å². The normalized spacial score (nSPS) is 21.1. The van der Waals surface area contributed by atoms with Crippen molar-refractivity contribution in [3.8, 4) is 0 Å². The molecular formula is C19H25ClN4O2S. The zero-order chi connectivity index (χ0) is 19.1. The van der Waals surface area contributed by atoms with Crippen LogP contribution in [0, 0.1) is 0 Å². The topological polar surface area (TPSA) is 67.2 Å². The van der Waals surface area contributed by atoms with Gasteiger partial charge >= 0.3 is 0 Å². The Morgan fingerprint density at radius 2 is 2.19 bits per heavy atom. The number of thiophene rings is 1. The zero-order valence-electron chi connectivity index (χ0n) is 15.7. The van der Waals surface area contributed by atoms with Crippen LogP contribution in [0.4, 0.5) is 0 Å². The van der Waals surface area contributed by atoms with Gasteiger partial charge < -0.3 is 5.32 Å². The molecule has 2 aromatic heterocycles. The van der Waals surface area contributed by atoms with Crippen molar-refractivity contribution in [3.63, 3.8) is 0 Å². The van der Waals surface area contributed by atoms with Crippen LogP contribution in [0.2, 0.25) is 4.34 Å². The Morgan fingerprint density at radius 1 is 1.41 bits per heavy atom. The first kappa shape index (κ1) is 18.9. The van der Waals surface area contributed by atoms with Crippen molar-refractivity contribution in [2.45, 2.75) is 64.1 Å². The number of piperidine rings is 1. The van der Waals surface area contributed by atoms with E-state index in [1.54, 1.807) is 6.07 Å². The van der Waals surface area contributed by atoms with Gasteiger partial charge in [0, 0.05) is 18.6 Å². The Morgan fingerprint density at radius 3 is 2.89 bits per heavy atom. The molecule has 1 amide bonds. The van der Waals surface area contributed by atoms with Crippen molar-refractivity contribution in [2.24, 2.45) is 0 Å². The van der Waals surface area contributed by atoms with Gasteiger partial charge in [0.15, 0.2) is 0 Å². The molecule has 2 aliphatic rings. The number of amides is 1. The first-order chi connectivity index (χ1) is 12.9. The lowest BCUT2D eigenvalue weighted by Gasteiger charge is -2.33. The number of hydrogen-bond acceptors (Lipinski definition) is 5. The first-order valence-corrected chi connectivity index (χ1v) is 10.8. The number of halogens is 1. The van der Waals surface area contributed by atoms with E-state index in [1.807, 2.05) is 13.8 Å². The van der Waals surface area contributed by atoms with Gasteiger partial charge in [-0.1, -0.05) is 25.4 Å². The van der Waals surface area contributed by atoms with Crippen molar-refractivity contribution in [1.82, 2.24) is 20.0 Å². The maximum atomic E-state index is 12.8. The molecule has 0 bridgehead atoms. The van der Waals surface area contributed by atoms with Crippen molar-refractivity contribution < 1.29 is 4.79 Å². The van der Waals surface area contributed by atoms with Crippen LogP contribution >= 0.6 is 22.9 Å². The molecule has 0 aromatic carbocycles. The summed E-state index contributed by atoms with van der Waals surface area (Å²) in [6.45, 7) is 6.04. The van der Waals surface area contributed by atoms with E-state index in [0.717, 1.165) is 36.3 Å². The van der Waals surface area contributed by atoms with Crippen molar-refractivity contribution in [2.75, 3.05) is 13.1 Å². The van der Waals surface area contributed by atoms with Gasteiger partial charge in [-0.3, -0.25) is 14.5 Å². The van der Waals surface area contributed by atoms with E-state index in [4.69, 9.17) is 11.6 Å². The van der Waals surface area contributed by atoms with Crippen molar-refractivity contribution in [3.05, 3.63) is 26.5 Å². The Kier molecular flexibility index (Phi) is 5.27. The summed E-state index contributed by atoms with van der Waals surface area (Å²) < 4.78 is 2.68. The second-order valence-corrected chi connectivity index (χ2v) is 9.61. The van der Waals surface area contributed by atoms with Crippen LogP contribution in [-0.2, 0) is 11.3 Å². The Hall–Kier alpha value is -1.44. The second kappa shape index (κ2) is 7.53. The number of carbonyl (C=O) groups is 1. The quantitative estimate of drug-likeness (QED) is 0.825. The maximum absolute atomic E-state index is 12.8. The number of carbonyl (C=O) groups excluding carboxylic acids is 1. The highest BCUT2D eigenvalue weighted by atomic mass is 35.5. The van der Waals surface area contributed by atoms with Crippen LogP contribution in [0.25, 0.3) is 10.1 Å². The third-order valence-electron chi connectivity index (χ3n) is 5.35. The van der Waals surface area contributed by atoms with E-state index in [0.29, 0.717) is 15.8 Å². The Balaban J connectivity index is 1.51. The van der Waals surface area contributed by atoms with Crippen LogP contribution in [0.15, 0.2) is 10.9 Å². The van der Waals surface area contributed by atoms with Gasteiger partial charge in [-0.15, -0.1) is 11.3 Å². The summed E-state index contributed by atoms with van der Waals surface area (Å²) >= 11 is 7.49. The molecule has 0 unspecified atom stereocenters. The van der Waals surface area contributed by atoms with Crippen molar-refractivity contribution >= 4 is 38.9 Å². The predicted octanol–water partition coefficient (Wildman–Crippen LogP) is 2.98. The minimum atomic E-state index is -0.254. The minimum absolute atomic E-state index is 0.0537. The van der Waals surface area contributed by atoms with E-state index < -0.39 is 0 Å². The minimum Gasteiger partial charge on any atom is -0.350 e. The van der Waals surface area contributed by atoms with Crippen LogP contribution in [-0.4, -0.2) is 45.8 Å². The SMILES string of the molecule is CC(C)c1nn(CC(=O)N[C@@H]2CCCN(C3CC3)C2)c(=O)c2cc(Cl)sc12. The van der Waals surface area contributed by atoms with Crippen LogP contribution in [0.1, 0.15) is 51.1 Å². The average Bonchev–Trinajstić information content (AvgIpc) is 3.39. The molecule has 2 aromatic rings. The lowest BCUT2D eigenvalue weighted by molar-refractivity contribution is -0.123. The predicted molar refractivity (Wildman–Crippen MR) is 109 cm³/mol. The summed E-state index contributed by atoms with van der Waals surface area (Å²) in [6, 6.07) is 2.56. The largest absolute Gasteiger partial charge is 0.350 e. The molecule has 4 rings (SSSR count). The van der Waals surface area contributed by atoms with E-state index >= 15 is 0 Å². The monoisotopic (exact) mass is 408 g/mol. The summed E-state index contributed by atoms with van der Waals surface area (Å²) in [5.41, 5.74) is 0.558. The third kappa shape index (κ3) is 4.05. The molecule has 27 heavy (non-hydrogen) atoms. The molecule has 0 radical (unpaired) electrons. The van der Waals surface area contributed by atoms with Gasteiger partial charge in [-0.25, -0.2) is 4.68 Å². The molecule has 2 fully saturated rings. The van der Waals surface area contributed by atoms with Gasteiger partial charge in [0.05, 0.1) is 20.1 Å². The summed E-state index contributed by atoms with van der Waals surface area (Å²) in [6.07, 6.45) is 4.66. The summed E-state index contributed by atoms with van der Waals surface area (Å²) in [5, 5.41) is 8.14. The number of nitrogens with one attached hydrogen (secondary N) is 1. The van der Waals surface area contributed by atoms with Gasteiger partial charge in [0.2, 0.25) is 5.91 Å². The first-order valence-electron chi connectivity index (χ1n) is 9.66. The number of rotatable bonds is 5. The Bertz CT molecular complexity index is 918. The summed E-state index contributed by atoms with van der Waals surface area (Å²) in [4.78, 5) is 27.8. The third-order valence-corrected chi connectivity index (χ3v) is 6.64. The van der Waals surface area contributed by atoms with Crippen LogP contribution < -0.4 is 10.9 Å². The fourth-order valence-electron chi connectivity index (χ4n) is 3.86. The molecule has 146 valence electrons. The Labute approximate surface area is 167 Å². The number of nitrogens with zero attached hydrogens (tertiary/aromatic N) is 3. The van der Waals surface area contributed by atoms with Crippen molar-refractivity contribution in [1.29, 1.82) is 0 Å². The molecule has 3 heterocycles. The van der Waals surface area contributed by atoms with Gasteiger partial charge in [0.25, 0.3) is 5.56 Å². The lowest BCUT2D eigenvalue weighted by Crippen LogP contribution is -2.49. The molecule has 8 heteroatoms. The highest BCUT2D eigenvalue weighted by Gasteiger charge is 2.33. The fourth-order valence-corrected chi connectivity index (χ4v) is 5.21. The number of likely N-dealkylation sites (tertiary alicyclic amines) is 1. The fraction of sp³-hybridized carbons (Fsp3) is 0.632. The second-order valence-electron chi connectivity index (χ2n) is 7.93. The van der Waals surface area contributed by atoms with Crippen LogP contribution in [0.5, 0.6) is 0 Å². The molecule has 1 atom stereocenters. The molecule has 1 aliphatic heterocycles. The summed E-state index contributed by atoms with van der Waals surface area (Å²) in [7, 11) is 0. The van der Waals surface area contributed by atoms with Gasteiger partial charge in [-0.05, 0) is 44.2 Å². The van der Waals surface area contributed by atoms with Gasteiger partial charge in [-0.2, -0.15) is 5.10 Å². The number of hydrogen-bond donors (Lipinski definition) is 1. The zero-order valence-corrected chi connectivity index (χ0v) is 17.3.